The highest BCUT2D eigenvalue weighted by atomic mass is 32.2. The summed E-state index contributed by atoms with van der Waals surface area (Å²) in [4.78, 5) is 0.399. The van der Waals surface area contributed by atoms with Crippen molar-refractivity contribution in [3.05, 3.63) is 65.7 Å². The van der Waals surface area contributed by atoms with Gasteiger partial charge in [0.2, 0.25) is 10.0 Å². The zero-order chi connectivity index (χ0) is 16.8. The minimum Gasteiger partial charge on any atom is -0.309 e. The van der Waals surface area contributed by atoms with Gasteiger partial charge in [0.05, 0.1) is 4.90 Å². The van der Waals surface area contributed by atoms with E-state index < -0.39 is 10.0 Å². The van der Waals surface area contributed by atoms with E-state index in [0.717, 1.165) is 37.9 Å². The lowest BCUT2D eigenvalue weighted by Crippen LogP contribution is -2.35. The summed E-state index contributed by atoms with van der Waals surface area (Å²) in [7, 11) is -3.33. The van der Waals surface area contributed by atoms with Crippen LogP contribution in [0.3, 0.4) is 0 Å². The van der Waals surface area contributed by atoms with E-state index in [1.54, 1.807) is 16.4 Å². The molecule has 4 nitrogen and oxygen atoms in total. The Morgan fingerprint density at radius 3 is 2.00 bits per heavy atom. The molecule has 0 atom stereocenters. The fourth-order valence-corrected chi connectivity index (χ4v) is 4.50. The maximum atomic E-state index is 12.6. The molecule has 1 aliphatic rings. The molecule has 0 aliphatic carbocycles. The van der Waals surface area contributed by atoms with Gasteiger partial charge in [0, 0.05) is 26.2 Å². The number of nitrogens with zero attached hydrogens (tertiary/aromatic N) is 1. The molecule has 0 unspecified atom stereocenters. The van der Waals surface area contributed by atoms with E-state index in [2.05, 4.69) is 17.4 Å². The number of piperidine rings is 1. The Hall–Kier alpha value is -1.69. The first-order chi connectivity index (χ1) is 11.7. The lowest BCUT2D eigenvalue weighted by molar-refractivity contribution is 0.346. The molecule has 128 valence electrons. The van der Waals surface area contributed by atoms with Gasteiger partial charge in [-0.15, -0.1) is 0 Å². The fourth-order valence-electron chi connectivity index (χ4n) is 2.98. The molecular weight excluding hydrogens is 320 g/mol. The Kier molecular flexibility index (Phi) is 5.66. The minimum absolute atomic E-state index is 0.399. The third-order valence-electron chi connectivity index (χ3n) is 4.38. The molecule has 0 aromatic heterocycles. The van der Waals surface area contributed by atoms with Crippen molar-refractivity contribution in [1.29, 1.82) is 0 Å². The summed E-state index contributed by atoms with van der Waals surface area (Å²) in [6.45, 7) is 2.80. The van der Waals surface area contributed by atoms with Crippen LogP contribution < -0.4 is 5.32 Å². The first kappa shape index (κ1) is 17.1. The predicted octanol–water partition coefficient (Wildman–Crippen LogP) is 3.15. The van der Waals surface area contributed by atoms with Crippen molar-refractivity contribution in [3.63, 3.8) is 0 Å². The topological polar surface area (TPSA) is 49.4 Å². The largest absolute Gasteiger partial charge is 0.309 e. The molecule has 1 heterocycles. The highest BCUT2D eigenvalue weighted by Crippen LogP contribution is 2.20. The molecule has 2 aromatic rings. The van der Waals surface area contributed by atoms with E-state index in [9.17, 15) is 8.42 Å². The van der Waals surface area contributed by atoms with Crippen molar-refractivity contribution < 1.29 is 8.42 Å². The Balaban J connectivity index is 1.58. The molecule has 0 bridgehead atoms. The first-order valence-corrected chi connectivity index (χ1v) is 9.94. The maximum absolute atomic E-state index is 12.6. The van der Waals surface area contributed by atoms with Crippen LogP contribution in [0.15, 0.2) is 59.5 Å². The average molecular weight is 344 g/mol. The van der Waals surface area contributed by atoms with Gasteiger partial charge >= 0.3 is 0 Å². The summed E-state index contributed by atoms with van der Waals surface area (Å²) in [5.74, 6) is 0. The van der Waals surface area contributed by atoms with E-state index in [1.807, 2.05) is 30.3 Å². The van der Waals surface area contributed by atoms with Crippen LogP contribution in [0.1, 0.15) is 30.4 Å². The molecule has 0 saturated carbocycles. The van der Waals surface area contributed by atoms with Crippen molar-refractivity contribution >= 4 is 10.0 Å². The second-order valence-electron chi connectivity index (χ2n) is 6.20. The second kappa shape index (κ2) is 7.92. The van der Waals surface area contributed by atoms with Gasteiger partial charge in [-0.25, -0.2) is 8.42 Å². The third kappa shape index (κ3) is 4.23. The summed E-state index contributed by atoms with van der Waals surface area (Å²) in [5.41, 5.74) is 2.32. The van der Waals surface area contributed by atoms with Crippen LogP contribution in [0.4, 0.5) is 0 Å². The summed E-state index contributed by atoms with van der Waals surface area (Å²) < 4.78 is 26.8. The number of hydrogen-bond acceptors (Lipinski definition) is 3. The monoisotopic (exact) mass is 344 g/mol. The molecule has 0 amide bonds. The van der Waals surface area contributed by atoms with Gasteiger partial charge in [0.1, 0.15) is 0 Å². The van der Waals surface area contributed by atoms with Gasteiger partial charge in [0.15, 0.2) is 0 Å². The second-order valence-corrected chi connectivity index (χ2v) is 8.14. The van der Waals surface area contributed by atoms with Crippen LogP contribution in [0.25, 0.3) is 0 Å². The Morgan fingerprint density at radius 2 is 1.38 bits per heavy atom. The van der Waals surface area contributed by atoms with Crippen molar-refractivity contribution in [2.75, 3.05) is 13.1 Å². The van der Waals surface area contributed by atoms with Crippen molar-refractivity contribution in [2.45, 2.75) is 37.2 Å². The van der Waals surface area contributed by atoms with Gasteiger partial charge in [-0.2, -0.15) is 4.31 Å². The first-order valence-electron chi connectivity index (χ1n) is 8.50. The van der Waals surface area contributed by atoms with Crippen LogP contribution in [0, 0.1) is 0 Å². The maximum Gasteiger partial charge on any atom is 0.243 e. The standard InChI is InChI=1S/C19H24N2O2S/c22-24(23,21-13-5-2-6-14-21)19-11-9-18(10-12-19)16-20-15-17-7-3-1-4-8-17/h1,3-4,7-12,20H,2,5-6,13-16H2. The van der Waals surface area contributed by atoms with E-state index >= 15 is 0 Å². The van der Waals surface area contributed by atoms with E-state index in [0.29, 0.717) is 18.0 Å². The molecular formula is C19H24N2O2S. The van der Waals surface area contributed by atoms with Gasteiger partial charge in [-0.3, -0.25) is 0 Å². The highest BCUT2D eigenvalue weighted by molar-refractivity contribution is 7.89. The van der Waals surface area contributed by atoms with E-state index in [1.165, 1.54) is 5.56 Å². The number of hydrogen-bond donors (Lipinski definition) is 1. The van der Waals surface area contributed by atoms with Gasteiger partial charge in [0.25, 0.3) is 0 Å². The summed E-state index contributed by atoms with van der Waals surface area (Å²) >= 11 is 0. The Labute approximate surface area is 144 Å². The lowest BCUT2D eigenvalue weighted by Gasteiger charge is -2.25. The fraction of sp³-hybridized carbons (Fsp3) is 0.368. The molecule has 24 heavy (non-hydrogen) atoms. The summed E-state index contributed by atoms with van der Waals surface area (Å²) in [6.07, 6.45) is 3.04. The molecule has 1 N–H and O–H groups in total. The molecule has 5 heteroatoms. The molecule has 0 radical (unpaired) electrons. The van der Waals surface area contributed by atoms with Gasteiger partial charge in [-0.1, -0.05) is 48.9 Å². The molecule has 3 rings (SSSR count). The highest BCUT2D eigenvalue weighted by Gasteiger charge is 2.25. The molecule has 1 saturated heterocycles. The molecule has 1 aliphatic heterocycles. The number of nitrogens with one attached hydrogen (secondary N) is 1. The summed E-state index contributed by atoms with van der Waals surface area (Å²) in [5, 5.41) is 3.38. The number of rotatable bonds is 6. The van der Waals surface area contributed by atoms with Crippen LogP contribution in [-0.4, -0.2) is 25.8 Å². The Bertz CT molecular complexity index is 737. The Morgan fingerprint density at radius 1 is 0.792 bits per heavy atom. The van der Waals surface area contributed by atoms with Crippen molar-refractivity contribution in [3.8, 4) is 0 Å². The van der Waals surface area contributed by atoms with Crippen LogP contribution in [0.5, 0.6) is 0 Å². The van der Waals surface area contributed by atoms with Gasteiger partial charge < -0.3 is 5.32 Å². The molecule has 1 fully saturated rings. The number of benzene rings is 2. The van der Waals surface area contributed by atoms with Crippen LogP contribution >= 0.6 is 0 Å². The third-order valence-corrected chi connectivity index (χ3v) is 6.29. The lowest BCUT2D eigenvalue weighted by atomic mass is 10.2. The quantitative estimate of drug-likeness (QED) is 0.876. The molecule has 2 aromatic carbocycles. The van der Waals surface area contributed by atoms with E-state index in [-0.39, 0.29) is 0 Å². The predicted molar refractivity (Wildman–Crippen MR) is 96.0 cm³/mol. The zero-order valence-electron chi connectivity index (χ0n) is 13.8. The molecule has 0 spiro atoms. The average Bonchev–Trinajstić information content (AvgIpc) is 2.64. The van der Waals surface area contributed by atoms with E-state index in [4.69, 9.17) is 0 Å². The normalized spacial score (nSPS) is 16.2. The van der Waals surface area contributed by atoms with Crippen LogP contribution in [0.2, 0.25) is 0 Å². The zero-order valence-corrected chi connectivity index (χ0v) is 14.6. The summed E-state index contributed by atoms with van der Waals surface area (Å²) in [6, 6.07) is 17.5. The minimum atomic E-state index is -3.33. The van der Waals surface area contributed by atoms with Gasteiger partial charge in [-0.05, 0) is 36.1 Å². The number of sulfonamides is 1. The SMILES string of the molecule is O=S(=O)(c1ccc(CNCc2ccccc2)cc1)N1CCCCC1. The smallest absolute Gasteiger partial charge is 0.243 e. The van der Waals surface area contributed by atoms with Crippen LogP contribution in [-0.2, 0) is 23.1 Å². The van der Waals surface area contributed by atoms with Crippen molar-refractivity contribution in [1.82, 2.24) is 9.62 Å². The van der Waals surface area contributed by atoms with Crippen molar-refractivity contribution in [2.24, 2.45) is 0 Å².